The molecule has 1 aliphatic carbocycles. The first kappa shape index (κ1) is 11.8. The summed E-state index contributed by atoms with van der Waals surface area (Å²) in [6, 6.07) is 0.355. The van der Waals surface area contributed by atoms with Crippen LogP contribution in [-0.2, 0) is 4.74 Å². The van der Waals surface area contributed by atoms with Crippen LogP contribution in [0, 0.1) is 0 Å². The normalized spacial score (nSPS) is 27.4. The van der Waals surface area contributed by atoms with Crippen molar-refractivity contribution in [3.63, 3.8) is 0 Å². The van der Waals surface area contributed by atoms with Crippen LogP contribution in [0.5, 0.6) is 0 Å². The van der Waals surface area contributed by atoms with Crippen LogP contribution in [0.3, 0.4) is 0 Å². The number of rotatable bonds is 5. The molecule has 0 aromatic heterocycles. The van der Waals surface area contributed by atoms with Crippen molar-refractivity contribution >= 4 is 0 Å². The van der Waals surface area contributed by atoms with Crippen LogP contribution in [0.1, 0.15) is 25.7 Å². The largest absolute Gasteiger partial charge is 0.389 e. The quantitative estimate of drug-likeness (QED) is 0.703. The maximum atomic E-state index is 11.7. The van der Waals surface area contributed by atoms with Crippen molar-refractivity contribution in [3.8, 4) is 0 Å². The lowest BCUT2D eigenvalue weighted by Gasteiger charge is -2.34. The van der Waals surface area contributed by atoms with Crippen molar-refractivity contribution in [3.05, 3.63) is 0 Å². The van der Waals surface area contributed by atoms with E-state index in [4.69, 9.17) is 4.74 Å². The molecule has 2 nitrogen and oxygen atoms in total. The van der Waals surface area contributed by atoms with E-state index in [2.05, 4.69) is 5.32 Å². The third kappa shape index (κ3) is 4.28. The van der Waals surface area contributed by atoms with E-state index in [1.807, 2.05) is 0 Å². The fraction of sp³-hybridized carbons (Fsp3) is 1.00. The number of hydrogen-bond donors (Lipinski definition) is 1. The van der Waals surface area contributed by atoms with E-state index in [1.165, 1.54) is 0 Å². The summed E-state index contributed by atoms with van der Waals surface area (Å²) in [5.74, 6) is 0. The topological polar surface area (TPSA) is 21.3 Å². The Morgan fingerprint density at radius 3 is 2.50 bits per heavy atom. The minimum atomic E-state index is -4.02. The lowest BCUT2D eigenvalue weighted by Crippen LogP contribution is -2.45. The monoisotopic (exact) mass is 211 g/mol. The number of nitrogens with one attached hydrogen (secondary N) is 1. The SMILES string of the molecule is COC1CC(NCCCC(F)(F)F)C1. The molecule has 1 fully saturated rings. The third-order valence-electron chi connectivity index (χ3n) is 2.50. The molecule has 1 saturated carbocycles. The average Bonchev–Trinajstić information content (AvgIpc) is 1.98. The highest BCUT2D eigenvalue weighted by Gasteiger charge is 2.29. The van der Waals surface area contributed by atoms with E-state index < -0.39 is 12.6 Å². The van der Waals surface area contributed by atoms with Gasteiger partial charge in [0, 0.05) is 19.6 Å². The standard InChI is InChI=1S/C9H16F3NO/c1-14-8-5-7(6-8)13-4-2-3-9(10,11)12/h7-8,13H,2-6H2,1H3. The Labute approximate surface area is 81.8 Å². The summed E-state index contributed by atoms with van der Waals surface area (Å²) in [4.78, 5) is 0. The molecule has 84 valence electrons. The van der Waals surface area contributed by atoms with Gasteiger partial charge >= 0.3 is 6.18 Å². The zero-order valence-corrected chi connectivity index (χ0v) is 8.23. The van der Waals surface area contributed by atoms with E-state index in [0.717, 1.165) is 12.8 Å². The Bertz CT molecular complexity index is 166. The number of methoxy groups -OCH3 is 1. The molecule has 0 aliphatic heterocycles. The second-order valence-corrected chi connectivity index (χ2v) is 3.70. The van der Waals surface area contributed by atoms with Gasteiger partial charge < -0.3 is 10.1 Å². The Balaban J connectivity index is 1.91. The molecule has 14 heavy (non-hydrogen) atoms. The number of ether oxygens (including phenoxy) is 1. The second kappa shape index (κ2) is 4.98. The third-order valence-corrected chi connectivity index (χ3v) is 2.50. The summed E-state index contributed by atoms with van der Waals surface area (Å²) in [5, 5.41) is 3.08. The molecule has 0 saturated heterocycles. The second-order valence-electron chi connectivity index (χ2n) is 3.70. The van der Waals surface area contributed by atoms with Crippen LogP contribution >= 0.6 is 0 Å². The van der Waals surface area contributed by atoms with Gasteiger partial charge in [-0.3, -0.25) is 0 Å². The van der Waals surface area contributed by atoms with E-state index in [9.17, 15) is 13.2 Å². The smallest absolute Gasteiger partial charge is 0.381 e. The van der Waals surface area contributed by atoms with Crippen molar-refractivity contribution < 1.29 is 17.9 Å². The molecule has 0 atom stereocenters. The van der Waals surface area contributed by atoms with Crippen LogP contribution < -0.4 is 5.32 Å². The minimum absolute atomic E-state index is 0.164. The first-order valence-corrected chi connectivity index (χ1v) is 4.84. The molecule has 0 aromatic carbocycles. The van der Waals surface area contributed by atoms with Gasteiger partial charge in [0.1, 0.15) is 0 Å². The van der Waals surface area contributed by atoms with E-state index in [0.29, 0.717) is 18.7 Å². The molecule has 0 bridgehead atoms. The van der Waals surface area contributed by atoms with Crippen molar-refractivity contribution in [2.24, 2.45) is 0 Å². The average molecular weight is 211 g/mol. The summed E-state index contributed by atoms with van der Waals surface area (Å²) in [5.41, 5.74) is 0. The maximum absolute atomic E-state index is 11.7. The molecule has 1 aliphatic rings. The number of alkyl halides is 3. The van der Waals surface area contributed by atoms with Gasteiger partial charge in [0.25, 0.3) is 0 Å². The van der Waals surface area contributed by atoms with Gasteiger partial charge in [0.15, 0.2) is 0 Å². The van der Waals surface area contributed by atoms with Crippen molar-refractivity contribution in [2.75, 3.05) is 13.7 Å². The van der Waals surface area contributed by atoms with Gasteiger partial charge in [-0.2, -0.15) is 13.2 Å². The van der Waals surface area contributed by atoms with E-state index in [-0.39, 0.29) is 6.42 Å². The van der Waals surface area contributed by atoms with Crippen molar-refractivity contribution in [1.82, 2.24) is 5.32 Å². The number of halogens is 3. The molecule has 0 heterocycles. The predicted octanol–water partition coefficient (Wildman–Crippen LogP) is 2.10. The van der Waals surface area contributed by atoms with Gasteiger partial charge in [-0.1, -0.05) is 0 Å². The highest BCUT2D eigenvalue weighted by Crippen LogP contribution is 2.23. The highest BCUT2D eigenvalue weighted by molar-refractivity contribution is 4.85. The van der Waals surface area contributed by atoms with Gasteiger partial charge in [-0.25, -0.2) is 0 Å². The summed E-state index contributed by atoms with van der Waals surface area (Å²) >= 11 is 0. The summed E-state index contributed by atoms with van der Waals surface area (Å²) in [7, 11) is 1.66. The Kier molecular flexibility index (Phi) is 4.19. The predicted molar refractivity (Wildman–Crippen MR) is 47.1 cm³/mol. The fourth-order valence-corrected chi connectivity index (χ4v) is 1.52. The maximum Gasteiger partial charge on any atom is 0.389 e. The molecular formula is C9H16F3NO. The van der Waals surface area contributed by atoms with Crippen LogP contribution in [0.15, 0.2) is 0 Å². The first-order chi connectivity index (χ1) is 6.51. The number of hydrogen-bond acceptors (Lipinski definition) is 2. The first-order valence-electron chi connectivity index (χ1n) is 4.84. The zero-order valence-electron chi connectivity index (χ0n) is 8.23. The Morgan fingerprint density at radius 1 is 1.36 bits per heavy atom. The Morgan fingerprint density at radius 2 is 2.00 bits per heavy atom. The van der Waals surface area contributed by atoms with E-state index in [1.54, 1.807) is 7.11 Å². The van der Waals surface area contributed by atoms with Gasteiger partial charge in [0.05, 0.1) is 6.10 Å². The lowest BCUT2D eigenvalue weighted by atomic mass is 9.89. The molecule has 1 N–H and O–H groups in total. The Hall–Kier alpha value is -0.290. The van der Waals surface area contributed by atoms with Gasteiger partial charge in [0.2, 0.25) is 0 Å². The van der Waals surface area contributed by atoms with Gasteiger partial charge in [-0.05, 0) is 25.8 Å². The highest BCUT2D eigenvalue weighted by atomic mass is 19.4. The molecule has 0 radical (unpaired) electrons. The van der Waals surface area contributed by atoms with Crippen LogP contribution in [0.2, 0.25) is 0 Å². The molecule has 0 spiro atoms. The molecule has 0 amide bonds. The van der Waals surface area contributed by atoms with Gasteiger partial charge in [-0.15, -0.1) is 0 Å². The fourth-order valence-electron chi connectivity index (χ4n) is 1.52. The van der Waals surface area contributed by atoms with E-state index >= 15 is 0 Å². The van der Waals surface area contributed by atoms with Crippen LogP contribution in [0.25, 0.3) is 0 Å². The summed E-state index contributed by atoms with van der Waals surface area (Å²) in [6.45, 7) is 0.445. The molecular weight excluding hydrogens is 195 g/mol. The summed E-state index contributed by atoms with van der Waals surface area (Å²) < 4.78 is 40.3. The van der Waals surface area contributed by atoms with Crippen LogP contribution in [-0.4, -0.2) is 32.0 Å². The molecule has 5 heteroatoms. The molecule has 0 aromatic rings. The zero-order chi connectivity index (χ0) is 10.6. The van der Waals surface area contributed by atoms with Crippen molar-refractivity contribution in [1.29, 1.82) is 0 Å². The lowest BCUT2D eigenvalue weighted by molar-refractivity contribution is -0.135. The molecule has 1 rings (SSSR count). The van der Waals surface area contributed by atoms with Crippen molar-refractivity contribution in [2.45, 2.75) is 44.0 Å². The van der Waals surface area contributed by atoms with Crippen LogP contribution in [0.4, 0.5) is 13.2 Å². The summed E-state index contributed by atoms with van der Waals surface area (Å²) in [6.07, 6.45) is -2.41. The molecule has 0 unspecified atom stereocenters. The minimum Gasteiger partial charge on any atom is -0.381 e.